The van der Waals surface area contributed by atoms with Crippen LogP contribution in [0.2, 0.25) is 0 Å². The molecule has 4 N–H and O–H groups in total. The van der Waals surface area contributed by atoms with Crippen LogP contribution < -0.4 is 16.4 Å². The molecular weight excluding hydrogens is 288 g/mol. The molecule has 2 rings (SSSR count). The molecule has 2 atom stereocenters. The smallest absolute Gasteiger partial charge is 0.265 e. The number of nitrogens with zero attached hydrogens (tertiary/aromatic N) is 1. The molecule has 0 spiro atoms. The lowest BCUT2D eigenvalue weighted by Gasteiger charge is -2.15. The van der Waals surface area contributed by atoms with Crippen LogP contribution in [0.4, 0.5) is 10.9 Å². The van der Waals surface area contributed by atoms with Crippen LogP contribution in [0.25, 0.3) is 0 Å². The van der Waals surface area contributed by atoms with Crippen LogP contribution >= 0.6 is 11.3 Å². The van der Waals surface area contributed by atoms with E-state index in [4.69, 9.17) is 10.5 Å². The van der Waals surface area contributed by atoms with E-state index >= 15 is 0 Å². The van der Waals surface area contributed by atoms with Crippen molar-refractivity contribution < 1.29 is 9.53 Å². The van der Waals surface area contributed by atoms with E-state index in [0.29, 0.717) is 35.0 Å². The van der Waals surface area contributed by atoms with E-state index in [0.717, 1.165) is 6.54 Å². The first-order valence-corrected chi connectivity index (χ1v) is 8.20. The van der Waals surface area contributed by atoms with Crippen molar-refractivity contribution in [3.8, 4) is 0 Å². The third-order valence-electron chi connectivity index (χ3n) is 4.01. The Balaban J connectivity index is 1.86. The number of hydrogen-bond donors (Lipinski definition) is 3. The maximum Gasteiger partial charge on any atom is 0.265 e. The molecule has 0 saturated heterocycles. The Bertz CT molecular complexity index is 478. The monoisotopic (exact) mass is 312 g/mol. The predicted molar refractivity (Wildman–Crippen MR) is 85.7 cm³/mol. The summed E-state index contributed by atoms with van der Waals surface area (Å²) in [5.41, 5.74) is 5.82. The summed E-state index contributed by atoms with van der Waals surface area (Å²) in [4.78, 5) is 16.9. The van der Waals surface area contributed by atoms with Gasteiger partial charge in [-0.3, -0.25) is 4.79 Å². The summed E-state index contributed by atoms with van der Waals surface area (Å²) >= 11 is 1.29. The van der Waals surface area contributed by atoms with Crippen molar-refractivity contribution in [1.29, 1.82) is 0 Å². The highest BCUT2D eigenvalue weighted by Gasteiger charge is 2.24. The molecule has 0 bridgehead atoms. The van der Waals surface area contributed by atoms with Gasteiger partial charge in [0.1, 0.15) is 10.7 Å². The highest BCUT2D eigenvalue weighted by atomic mass is 32.1. The largest absolute Gasteiger partial charge is 0.383 e. The number of methoxy groups -OCH3 is 1. The number of nitrogens with one attached hydrogen (secondary N) is 2. The lowest BCUT2D eigenvalue weighted by Crippen LogP contribution is -2.30. The standard InChI is InChI=1S/C14H24N4O2S/c1-9-4-3-5-10(9)8-17-13(19)11-12(15)18-14(21-11)16-6-7-20-2/h9-10H,3-8,15H2,1-2H3,(H,16,18)(H,17,19). The third-order valence-corrected chi connectivity index (χ3v) is 5.03. The normalized spacial score (nSPS) is 21.4. The fraction of sp³-hybridized carbons (Fsp3) is 0.714. The van der Waals surface area contributed by atoms with E-state index < -0.39 is 0 Å². The molecule has 1 saturated carbocycles. The molecule has 7 heteroatoms. The number of ether oxygens (including phenoxy) is 1. The predicted octanol–water partition coefficient (Wildman–Crippen LogP) is 1.95. The highest BCUT2D eigenvalue weighted by Crippen LogP contribution is 2.31. The van der Waals surface area contributed by atoms with Gasteiger partial charge in [0.2, 0.25) is 0 Å². The van der Waals surface area contributed by atoms with Crippen molar-refractivity contribution in [2.45, 2.75) is 26.2 Å². The van der Waals surface area contributed by atoms with Crippen LogP contribution in [-0.4, -0.2) is 37.7 Å². The van der Waals surface area contributed by atoms with Crippen LogP contribution in [0.1, 0.15) is 35.9 Å². The molecule has 118 valence electrons. The Morgan fingerprint density at radius 2 is 2.33 bits per heavy atom. The quantitative estimate of drug-likeness (QED) is 0.670. The molecular formula is C14H24N4O2S. The van der Waals surface area contributed by atoms with Gasteiger partial charge in [-0.15, -0.1) is 0 Å². The van der Waals surface area contributed by atoms with E-state index in [1.54, 1.807) is 7.11 Å². The zero-order valence-corrected chi connectivity index (χ0v) is 13.5. The lowest BCUT2D eigenvalue weighted by molar-refractivity contribution is 0.0949. The first-order chi connectivity index (χ1) is 10.1. The Morgan fingerprint density at radius 1 is 1.52 bits per heavy atom. The minimum atomic E-state index is -0.121. The number of nitrogen functional groups attached to an aromatic ring is 1. The Labute approximate surface area is 129 Å². The molecule has 1 fully saturated rings. The summed E-state index contributed by atoms with van der Waals surface area (Å²) in [7, 11) is 1.64. The van der Waals surface area contributed by atoms with E-state index in [1.807, 2.05) is 0 Å². The van der Waals surface area contributed by atoms with Crippen molar-refractivity contribution in [3.63, 3.8) is 0 Å². The van der Waals surface area contributed by atoms with Gasteiger partial charge in [0, 0.05) is 20.2 Å². The number of rotatable bonds is 7. The summed E-state index contributed by atoms with van der Waals surface area (Å²) in [5, 5.41) is 6.74. The van der Waals surface area contributed by atoms with Gasteiger partial charge in [-0.2, -0.15) is 0 Å². The number of hydrogen-bond acceptors (Lipinski definition) is 6. The molecule has 0 aliphatic heterocycles. The average molecular weight is 312 g/mol. The second-order valence-corrected chi connectivity index (χ2v) is 6.53. The fourth-order valence-electron chi connectivity index (χ4n) is 2.66. The first kappa shape index (κ1) is 16.0. The number of thiazole rings is 1. The molecule has 2 unspecified atom stereocenters. The van der Waals surface area contributed by atoms with Crippen molar-refractivity contribution in [1.82, 2.24) is 10.3 Å². The Kier molecular flexibility index (Phi) is 5.81. The van der Waals surface area contributed by atoms with Crippen molar-refractivity contribution in [2.75, 3.05) is 37.9 Å². The SMILES string of the molecule is COCCNc1nc(N)c(C(=O)NCC2CCCC2C)s1. The van der Waals surface area contributed by atoms with Gasteiger partial charge in [0.05, 0.1) is 6.61 Å². The molecule has 6 nitrogen and oxygen atoms in total. The Morgan fingerprint density at radius 3 is 3.00 bits per heavy atom. The van der Waals surface area contributed by atoms with Crippen molar-refractivity contribution >= 4 is 28.2 Å². The van der Waals surface area contributed by atoms with E-state index in [2.05, 4.69) is 22.5 Å². The van der Waals surface area contributed by atoms with Crippen molar-refractivity contribution in [2.24, 2.45) is 11.8 Å². The molecule has 0 radical (unpaired) electrons. The second kappa shape index (κ2) is 7.61. The number of carbonyl (C=O) groups excluding carboxylic acids is 1. The minimum absolute atomic E-state index is 0.121. The highest BCUT2D eigenvalue weighted by molar-refractivity contribution is 7.18. The minimum Gasteiger partial charge on any atom is -0.383 e. The molecule has 1 aromatic heterocycles. The number of amides is 1. The molecule has 0 aromatic carbocycles. The topological polar surface area (TPSA) is 89.3 Å². The molecule has 1 heterocycles. The molecule has 1 amide bonds. The van der Waals surface area contributed by atoms with Gasteiger partial charge in [0.15, 0.2) is 5.13 Å². The maximum absolute atomic E-state index is 12.2. The number of anilines is 2. The number of aromatic nitrogens is 1. The Hall–Kier alpha value is -1.34. The van der Waals surface area contributed by atoms with Gasteiger partial charge >= 0.3 is 0 Å². The molecule has 21 heavy (non-hydrogen) atoms. The second-order valence-electron chi connectivity index (χ2n) is 5.53. The van der Waals surface area contributed by atoms with Crippen LogP contribution in [0.15, 0.2) is 0 Å². The van der Waals surface area contributed by atoms with Crippen LogP contribution in [0.3, 0.4) is 0 Å². The van der Waals surface area contributed by atoms with Gasteiger partial charge in [-0.25, -0.2) is 4.98 Å². The van der Waals surface area contributed by atoms with Crippen LogP contribution in [-0.2, 0) is 4.74 Å². The van der Waals surface area contributed by atoms with Gasteiger partial charge < -0.3 is 21.1 Å². The zero-order valence-electron chi connectivity index (χ0n) is 12.6. The summed E-state index contributed by atoms with van der Waals surface area (Å²) in [6, 6.07) is 0. The molecule has 1 aliphatic carbocycles. The summed E-state index contributed by atoms with van der Waals surface area (Å²) < 4.78 is 4.96. The fourth-order valence-corrected chi connectivity index (χ4v) is 3.49. The summed E-state index contributed by atoms with van der Waals surface area (Å²) in [6.45, 7) is 4.21. The van der Waals surface area contributed by atoms with Crippen LogP contribution in [0, 0.1) is 11.8 Å². The zero-order chi connectivity index (χ0) is 15.2. The van der Waals surface area contributed by atoms with Crippen molar-refractivity contribution in [3.05, 3.63) is 4.88 Å². The van der Waals surface area contributed by atoms with Gasteiger partial charge in [-0.1, -0.05) is 31.1 Å². The third kappa shape index (κ3) is 4.31. The molecule has 1 aromatic rings. The average Bonchev–Trinajstić information content (AvgIpc) is 3.03. The van der Waals surface area contributed by atoms with Crippen LogP contribution in [0.5, 0.6) is 0 Å². The van der Waals surface area contributed by atoms with E-state index in [9.17, 15) is 4.79 Å². The first-order valence-electron chi connectivity index (χ1n) is 7.39. The maximum atomic E-state index is 12.2. The number of nitrogens with two attached hydrogens (primary N) is 1. The van der Waals surface area contributed by atoms with E-state index in [-0.39, 0.29) is 11.7 Å². The van der Waals surface area contributed by atoms with Gasteiger partial charge in [-0.05, 0) is 18.3 Å². The lowest BCUT2D eigenvalue weighted by atomic mass is 9.98. The molecule has 1 aliphatic rings. The van der Waals surface area contributed by atoms with E-state index in [1.165, 1.54) is 30.6 Å². The summed E-state index contributed by atoms with van der Waals surface area (Å²) in [6.07, 6.45) is 3.72. The van der Waals surface area contributed by atoms with Gasteiger partial charge in [0.25, 0.3) is 5.91 Å². The summed E-state index contributed by atoms with van der Waals surface area (Å²) in [5.74, 6) is 1.44. The number of carbonyl (C=O) groups is 1.